The molecule has 1 N–H and O–H groups in total. The molecule has 0 aromatic carbocycles. The third kappa shape index (κ3) is 3.27. The van der Waals surface area contributed by atoms with Gasteiger partial charge < -0.3 is 14.9 Å². The molecule has 1 amide bonds. The molecule has 0 saturated carbocycles. The van der Waals surface area contributed by atoms with Gasteiger partial charge in [0.05, 0.1) is 17.5 Å². The number of carbonyl (C=O) groups excluding carboxylic acids is 1. The molecule has 1 atom stereocenters. The highest BCUT2D eigenvalue weighted by molar-refractivity contribution is 5.90. The highest BCUT2D eigenvalue weighted by atomic mass is 16.3. The molecule has 1 aliphatic heterocycles. The van der Waals surface area contributed by atoms with Crippen LogP contribution in [0.1, 0.15) is 19.3 Å². The van der Waals surface area contributed by atoms with Crippen molar-refractivity contribution in [1.82, 2.24) is 14.9 Å². The molecule has 1 aliphatic rings. The van der Waals surface area contributed by atoms with Crippen LogP contribution in [-0.2, 0) is 4.79 Å². The summed E-state index contributed by atoms with van der Waals surface area (Å²) >= 11 is 0. The van der Waals surface area contributed by atoms with E-state index in [1.54, 1.807) is 32.7 Å². The standard InChI is InChI=1S/C17H22N4O2/c1-20(2)16(22)10-17(23)6-3-9-21(12-17)15-5-8-19-14-4-7-18-11-13(14)15/h4-5,7-8,11,23H,3,6,9-10,12H2,1-2H3. The molecular weight excluding hydrogens is 292 g/mol. The Morgan fingerprint density at radius 3 is 3.00 bits per heavy atom. The molecule has 2 aromatic heterocycles. The van der Waals surface area contributed by atoms with Gasteiger partial charge in [-0.15, -0.1) is 0 Å². The van der Waals surface area contributed by atoms with E-state index < -0.39 is 5.60 Å². The molecule has 1 fully saturated rings. The molecule has 1 unspecified atom stereocenters. The molecule has 0 radical (unpaired) electrons. The summed E-state index contributed by atoms with van der Waals surface area (Å²) < 4.78 is 0. The van der Waals surface area contributed by atoms with Crippen molar-refractivity contribution >= 4 is 22.5 Å². The number of pyridine rings is 2. The number of piperidine rings is 1. The topological polar surface area (TPSA) is 69.6 Å². The van der Waals surface area contributed by atoms with Crippen LogP contribution >= 0.6 is 0 Å². The zero-order chi connectivity index (χ0) is 16.4. The van der Waals surface area contributed by atoms with Crippen molar-refractivity contribution in [3.8, 4) is 0 Å². The molecule has 1 saturated heterocycles. The molecule has 6 nitrogen and oxygen atoms in total. The Kier molecular flexibility index (Phi) is 4.17. The number of aromatic nitrogens is 2. The van der Waals surface area contributed by atoms with Gasteiger partial charge in [0, 0.05) is 56.8 Å². The van der Waals surface area contributed by atoms with E-state index in [9.17, 15) is 9.90 Å². The van der Waals surface area contributed by atoms with Crippen molar-refractivity contribution in [3.05, 3.63) is 30.7 Å². The Labute approximate surface area is 135 Å². The number of rotatable bonds is 3. The highest BCUT2D eigenvalue weighted by Gasteiger charge is 2.36. The average Bonchev–Trinajstić information content (AvgIpc) is 2.54. The van der Waals surface area contributed by atoms with Gasteiger partial charge in [0.1, 0.15) is 0 Å². The number of nitrogens with zero attached hydrogens (tertiary/aromatic N) is 4. The normalized spacial score (nSPS) is 21.4. The van der Waals surface area contributed by atoms with Gasteiger partial charge in [-0.25, -0.2) is 0 Å². The number of anilines is 1. The molecule has 6 heteroatoms. The Morgan fingerprint density at radius 2 is 2.22 bits per heavy atom. The van der Waals surface area contributed by atoms with E-state index in [4.69, 9.17) is 0 Å². The second kappa shape index (κ2) is 6.12. The van der Waals surface area contributed by atoms with Gasteiger partial charge in [0.15, 0.2) is 0 Å². The van der Waals surface area contributed by atoms with Crippen molar-refractivity contribution in [1.29, 1.82) is 0 Å². The summed E-state index contributed by atoms with van der Waals surface area (Å²) in [5.41, 5.74) is 0.909. The second-order valence-electron chi connectivity index (χ2n) is 6.44. The molecule has 3 heterocycles. The van der Waals surface area contributed by atoms with Crippen molar-refractivity contribution in [2.75, 3.05) is 32.1 Å². The predicted octanol–water partition coefficient (Wildman–Crippen LogP) is 1.44. The fraction of sp³-hybridized carbons (Fsp3) is 0.471. The highest BCUT2D eigenvalue weighted by Crippen LogP contribution is 2.32. The molecule has 0 aliphatic carbocycles. The van der Waals surface area contributed by atoms with Gasteiger partial charge in [-0.3, -0.25) is 14.8 Å². The van der Waals surface area contributed by atoms with Gasteiger partial charge in [0.25, 0.3) is 0 Å². The number of β-amino-alcohol motifs (C(OH)–C–C–N with tert-alkyl or cyclic N) is 1. The van der Waals surface area contributed by atoms with E-state index in [1.165, 1.54) is 4.90 Å². The van der Waals surface area contributed by atoms with E-state index >= 15 is 0 Å². The lowest BCUT2D eigenvalue weighted by Gasteiger charge is -2.40. The Morgan fingerprint density at radius 1 is 1.39 bits per heavy atom. The van der Waals surface area contributed by atoms with E-state index in [-0.39, 0.29) is 12.3 Å². The number of hydrogen-bond acceptors (Lipinski definition) is 5. The Bertz CT molecular complexity index is 713. The summed E-state index contributed by atoms with van der Waals surface area (Å²) in [6.07, 6.45) is 6.94. The van der Waals surface area contributed by atoms with Crippen LogP contribution in [0.25, 0.3) is 10.9 Å². The lowest BCUT2D eigenvalue weighted by Crippen LogP contribution is -2.50. The number of aliphatic hydroxyl groups is 1. The molecule has 122 valence electrons. The molecule has 23 heavy (non-hydrogen) atoms. The first-order valence-electron chi connectivity index (χ1n) is 7.85. The van der Waals surface area contributed by atoms with Crippen LogP contribution in [0.4, 0.5) is 5.69 Å². The van der Waals surface area contributed by atoms with Crippen LogP contribution in [0.3, 0.4) is 0 Å². The average molecular weight is 314 g/mol. The van der Waals surface area contributed by atoms with Gasteiger partial charge in [-0.2, -0.15) is 0 Å². The maximum atomic E-state index is 12.0. The van der Waals surface area contributed by atoms with Gasteiger partial charge in [0.2, 0.25) is 5.91 Å². The first-order valence-corrected chi connectivity index (χ1v) is 7.85. The van der Waals surface area contributed by atoms with Crippen molar-refractivity contribution in [2.24, 2.45) is 0 Å². The molecule has 0 spiro atoms. The Balaban J connectivity index is 1.87. The fourth-order valence-electron chi connectivity index (χ4n) is 3.15. The zero-order valence-corrected chi connectivity index (χ0v) is 13.6. The number of fused-ring (bicyclic) bond motifs is 1. The third-order valence-corrected chi connectivity index (χ3v) is 4.40. The van der Waals surface area contributed by atoms with E-state index in [2.05, 4.69) is 14.9 Å². The summed E-state index contributed by atoms with van der Waals surface area (Å²) in [4.78, 5) is 24.2. The van der Waals surface area contributed by atoms with Crippen LogP contribution in [0.5, 0.6) is 0 Å². The molecular formula is C17H22N4O2. The lowest BCUT2D eigenvalue weighted by atomic mass is 9.88. The summed E-state index contributed by atoms with van der Waals surface area (Å²) in [5, 5.41) is 11.8. The second-order valence-corrected chi connectivity index (χ2v) is 6.44. The minimum Gasteiger partial charge on any atom is -0.388 e. The van der Waals surface area contributed by atoms with Crippen LogP contribution in [0.2, 0.25) is 0 Å². The van der Waals surface area contributed by atoms with Crippen LogP contribution in [-0.4, -0.2) is 58.7 Å². The lowest BCUT2D eigenvalue weighted by molar-refractivity contribution is -0.134. The first-order chi connectivity index (χ1) is 11.0. The maximum absolute atomic E-state index is 12.0. The van der Waals surface area contributed by atoms with Crippen molar-refractivity contribution in [3.63, 3.8) is 0 Å². The number of carbonyl (C=O) groups is 1. The van der Waals surface area contributed by atoms with Gasteiger partial charge in [-0.05, 0) is 25.0 Å². The van der Waals surface area contributed by atoms with Crippen LogP contribution < -0.4 is 4.90 Å². The predicted molar refractivity (Wildman–Crippen MR) is 89.2 cm³/mol. The maximum Gasteiger partial charge on any atom is 0.225 e. The Hall–Kier alpha value is -2.21. The number of amides is 1. The monoisotopic (exact) mass is 314 g/mol. The molecule has 2 aromatic rings. The van der Waals surface area contributed by atoms with Crippen molar-refractivity contribution in [2.45, 2.75) is 24.9 Å². The fourth-order valence-corrected chi connectivity index (χ4v) is 3.15. The summed E-state index contributed by atoms with van der Waals surface area (Å²) in [6.45, 7) is 1.30. The van der Waals surface area contributed by atoms with E-state index in [0.717, 1.165) is 29.6 Å². The number of hydrogen-bond donors (Lipinski definition) is 1. The van der Waals surface area contributed by atoms with Gasteiger partial charge in [-0.1, -0.05) is 0 Å². The SMILES string of the molecule is CN(C)C(=O)CC1(O)CCCN(c2ccnc3ccncc23)C1. The third-order valence-electron chi connectivity index (χ3n) is 4.40. The zero-order valence-electron chi connectivity index (χ0n) is 13.6. The van der Waals surface area contributed by atoms with Crippen LogP contribution in [0, 0.1) is 0 Å². The quantitative estimate of drug-likeness (QED) is 0.928. The summed E-state index contributed by atoms with van der Waals surface area (Å²) in [7, 11) is 3.43. The largest absolute Gasteiger partial charge is 0.388 e. The molecule has 0 bridgehead atoms. The van der Waals surface area contributed by atoms with Gasteiger partial charge >= 0.3 is 0 Å². The smallest absolute Gasteiger partial charge is 0.225 e. The van der Waals surface area contributed by atoms with E-state index in [0.29, 0.717) is 13.0 Å². The molecule has 3 rings (SSSR count). The van der Waals surface area contributed by atoms with E-state index in [1.807, 2.05) is 12.1 Å². The minimum absolute atomic E-state index is 0.0457. The van der Waals surface area contributed by atoms with Crippen LogP contribution in [0.15, 0.2) is 30.7 Å². The summed E-state index contributed by atoms with van der Waals surface area (Å²) in [5.74, 6) is -0.0457. The van der Waals surface area contributed by atoms with Crippen molar-refractivity contribution < 1.29 is 9.90 Å². The summed E-state index contributed by atoms with van der Waals surface area (Å²) in [6, 6.07) is 3.83. The minimum atomic E-state index is -0.989. The first kappa shape index (κ1) is 15.7.